The van der Waals surface area contributed by atoms with E-state index in [2.05, 4.69) is 20.3 Å². The van der Waals surface area contributed by atoms with Crippen LogP contribution in [0.15, 0.2) is 72.9 Å². The summed E-state index contributed by atoms with van der Waals surface area (Å²) in [7, 11) is 0. The molecule has 1 aromatic heterocycles. The van der Waals surface area contributed by atoms with Gasteiger partial charge in [-0.3, -0.25) is 9.89 Å². The highest BCUT2D eigenvalue weighted by molar-refractivity contribution is 6.08. The molecule has 0 radical (unpaired) electrons. The molecule has 0 atom stereocenters. The lowest BCUT2D eigenvalue weighted by Crippen LogP contribution is -2.17. The van der Waals surface area contributed by atoms with Gasteiger partial charge in [-0.25, -0.2) is 0 Å². The number of hydrogen-bond donors (Lipinski definition) is 2. The van der Waals surface area contributed by atoms with Crippen molar-refractivity contribution in [1.82, 2.24) is 10.2 Å². The molecule has 1 amide bonds. The third kappa shape index (κ3) is 3.87. The number of H-pyrrole nitrogens is 1. The number of hydrogen-bond acceptors (Lipinski definition) is 4. The highest BCUT2D eigenvalue weighted by Gasteiger charge is 2.32. The molecule has 0 aliphatic carbocycles. The van der Waals surface area contributed by atoms with Crippen molar-refractivity contribution in [1.29, 1.82) is 0 Å². The number of aromatic amines is 1. The van der Waals surface area contributed by atoms with Gasteiger partial charge < -0.3 is 14.8 Å². The summed E-state index contributed by atoms with van der Waals surface area (Å²) in [6, 6.07) is 18.2. The van der Waals surface area contributed by atoms with E-state index in [-0.39, 0.29) is 17.0 Å². The fourth-order valence-electron chi connectivity index (χ4n) is 3.46. The molecule has 1 aliphatic rings. The SMILES string of the molecule is O=C1Nc2cc(OC(F)(F)F)ccc2Oc2ccc(-c3cccc(-c4ccn[nH]4)c3)cc21. The van der Waals surface area contributed by atoms with Crippen molar-refractivity contribution in [3.63, 3.8) is 0 Å². The smallest absolute Gasteiger partial charge is 0.454 e. The molecular formula is C23H14F3N3O3. The van der Waals surface area contributed by atoms with Gasteiger partial charge in [0.15, 0.2) is 5.75 Å². The Labute approximate surface area is 179 Å². The van der Waals surface area contributed by atoms with Gasteiger partial charge in [-0.1, -0.05) is 24.3 Å². The second-order valence-corrected chi connectivity index (χ2v) is 7.02. The fourth-order valence-corrected chi connectivity index (χ4v) is 3.46. The van der Waals surface area contributed by atoms with E-state index in [1.165, 1.54) is 6.07 Å². The topological polar surface area (TPSA) is 76.2 Å². The Kier molecular flexibility index (Phi) is 4.58. The van der Waals surface area contributed by atoms with Crippen molar-refractivity contribution in [2.45, 2.75) is 6.36 Å². The average molecular weight is 437 g/mol. The van der Waals surface area contributed by atoms with Crippen molar-refractivity contribution >= 4 is 11.6 Å². The predicted molar refractivity (Wildman–Crippen MR) is 111 cm³/mol. The van der Waals surface area contributed by atoms with Crippen molar-refractivity contribution in [2.24, 2.45) is 0 Å². The van der Waals surface area contributed by atoms with E-state index in [1.807, 2.05) is 36.4 Å². The van der Waals surface area contributed by atoms with Gasteiger partial charge in [0.2, 0.25) is 0 Å². The van der Waals surface area contributed by atoms with Crippen LogP contribution in [-0.2, 0) is 0 Å². The van der Waals surface area contributed by atoms with Crippen molar-refractivity contribution in [2.75, 3.05) is 5.32 Å². The van der Waals surface area contributed by atoms with Crippen LogP contribution < -0.4 is 14.8 Å². The van der Waals surface area contributed by atoms with Crippen molar-refractivity contribution < 1.29 is 27.4 Å². The van der Waals surface area contributed by atoms with Crippen LogP contribution in [0.5, 0.6) is 17.2 Å². The molecule has 9 heteroatoms. The average Bonchev–Trinajstić information content (AvgIpc) is 3.25. The van der Waals surface area contributed by atoms with Gasteiger partial charge in [-0.05, 0) is 47.5 Å². The van der Waals surface area contributed by atoms with Crippen LogP contribution in [0.25, 0.3) is 22.4 Å². The molecule has 2 N–H and O–H groups in total. The lowest BCUT2D eigenvalue weighted by atomic mass is 9.99. The minimum atomic E-state index is -4.84. The largest absolute Gasteiger partial charge is 0.573 e. The quantitative estimate of drug-likeness (QED) is 0.412. The molecule has 0 unspecified atom stereocenters. The van der Waals surface area contributed by atoms with E-state index >= 15 is 0 Å². The third-order valence-corrected chi connectivity index (χ3v) is 4.88. The maximum absolute atomic E-state index is 12.8. The van der Waals surface area contributed by atoms with Crippen LogP contribution in [0, 0.1) is 0 Å². The number of benzene rings is 3. The second-order valence-electron chi connectivity index (χ2n) is 7.02. The number of fused-ring (bicyclic) bond motifs is 2. The van der Waals surface area contributed by atoms with Crippen LogP contribution in [0.2, 0.25) is 0 Å². The molecule has 0 saturated heterocycles. The van der Waals surface area contributed by atoms with Crippen LogP contribution in [-0.4, -0.2) is 22.5 Å². The zero-order chi connectivity index (χ0) is 22.3. The second kappa shape index (κ2) is 7.45. The normalized spacial score (nSPS) is 12.8. The molecule has 0 spiro atoms. The molecule has 32 heavy (non-hydrogen) atoms. The highest BCUT2D eigenvalue weighted by atomic mass is 19.4. The number of nitrogens with one attached hydrogen (secondary N) is 2. The Morgan fingerprint density at radius 2 is 1.66 bits per heavy atom. The van der Waals surface area contributed by atoms with Gasteiger partial charge in [-0.2, -0.15) is 5.10 Å². The molecule has 5 rings (SSSR count). The Morgan fingerprint density at radius 3 is 2.44 bits per heavy atom. The van der Waals surface area contributed by atoms with Crippen molar-refractivity contribution in [3.05, 3.63) is 78.5 Å². The first-order valence-corrected chi connectivity index (χ1v) is 9.49. The Hall–Kier alpha value is -4.27. The number of nitrogens with zero attached hydrogens (tertiary/aromatic N) is 1. The summed E-state index contributed by atoms with van der Waals surface area (Å²) in [5.41, 5.74) is 3.76. The number of alkyl halides is 3. The molecular weight excluding hydrogens is 423 g/mol. The monoisotopic (exact) mass is 437 g/mol. The van der Waals surface area contributed by atoms with Crippen LogP contribution in [0.3, 0.4) is 0 Å². The number of amides is 1. The lowest BCUT2D eigenvalue weighted by Gasteiger charge is -2.12. The zero-order valence-electron chi connectivity index (χ0n) is 16.2. The Balaban J connectivity index is 1.48. The van der Waals surface area contributed by atoms with Crippen molar-refractivity contribution in [3.8, 4) is 39.6 Å². The summed E-state index contributed by atoms with van der Waals surface area (Å²) in [5.74, 6) is -0.461. The minimum Gasteiger partial charge on any atom is -0.454 e. The first-order valence-electron chi connectivity index (χ1n) is 9.49. The van der Waals surface area contributed by atoms with Gasteiger partial charge in [0.25, 0.3) is 5.91 Å². The summed E-state index contributed by atoms with van der Waals surface area (Å²) in [4.78, 5) is 12.8. The molecule has 6 nitrogen and oxygen atoms in total. The molecule has 3 aromatic carbocycles. The first kappa shape index (κ1) is 19.7. The van der Waals surface area contributed by atoms with Gasteiger partial charge >= 0.3 is 6.36 Å². The summed E-state index contributed by atoms with van der Waals surface area (Å²) in [6.45, 7) is 0. The molecule has 0 saturated carbocycles. The molecule has 0 bridgehead atoms. The molecule has 4 aromatic rings. The molecule has 1 aliphatic heterocycles. The first-order chi connectivity index (χ1) is 15.4. The summed E-state index contributed by atoms with van der Waals surface area (Å²) in [6.07, 6.45) is -3.18. The lowest BCUT2D eigenvalue weighted by molar-refractivity contribution is -0.274. The molecule has 0 fully saturated rings. The number of carbonyl (C=O) groups excluding carboxylic acids is 1. The maximum Gasteiger partial charge on any atom is 0.573 e. The predicted octanol–water partition coefficient (Wildman–Crippen LogP) is 6.00. The molecule has 2 heterocycles. The van der Waals surface area contributed by atoms with E-state index < -0.39 is 18.0 Å². The highest BCUT2D eigenvalue weighted by Crippen LogP contribution is 2.40. The summed E-state index contributed by atoms with van der Waals surface area (Å²) < 4.78 is 47.3. The van der Waals surface area contributed by atoms with Crippen LogP contribution in [0.1, 0.15) is 10.4 Å². The Bertz CT molecular complexity index is 1320. The van der Waals surface area contributed by atoms with E-state index in [4.69, 9.17) is 4.74 Å². The fraction of sp³-hybridized carbons (Fsp3) is 0.0435. The van der Waals surface area contributed by atoms with E-state index in [0.717, 1.165) is 34.5 Å². The summed E-state index contributed by atoms with van der Waals surface area (Å²) in [5, 5.41) is 9.46. The van der Waals surface area contributed by atoms with Gasteiger partial charge in [0.05, 0.1) is 16.9 Å². The Morgan fingerprint density at radius 1 is 0.875 bits per heavy atom. The van der Waals surface area contributed by atoms with E-state index in [0.29, 0.717) is 5.75 Å². The number of rotatable bonds is 3. The standard InChI is InChI=1S/C23H14F3N3O3/c24-23(25,26)32-16-5-7-21-19(12-16)28-22(30)17-11-14(4-6-20(17)31-21)13-2-1-3-15(10-13)18-8-9-27-29-18/h1-12H,(H,27,29)(H,28,30). The zero-order valence-corrected chi connectivity index (χ0v) is 16.2. The number of ether oxygens (including phenoxy) is 2. The van der Waals surface area contributed by atoms with Gasteiger partial charge in [-0.15, -0.1) is 13.2 Å². The number of aromatic nitrogens is 2. The summed E-state index contributed by atoms with van der Waals surface area (Å²) >= 11 is 0. The molecule has 160 valence electrons. The van der Waals surface area contributed by atoms with Crippen LogP contribution in [0.4, 0.5) is 18.9 Å². The number of anilines is 1. The number of halogens is 3. The van der Waals surface area contributed by atoms with Gasteiger partial charge in [0, 0.05) is 17.8 Å². The minimum absolute atomic E-state index is 0.0794. The third-order valence-electron chi connectivity index (χ3n) is 4.88. The number of carbonyl (C=O) groups is 1. The van der Waals surface area contributed by atoms with Crippen LogP contribution >= 0.6 is 0 Å². The maximum atomic E-state index is 12.8. The van der Waals surface area contributed by atoms with Gasteiger partial charge in [0.1, 0.15) is 11.5 Å². The van der Waals surface area contributed by atoms with E-state index in [9.17, 15) is 18.0 Å². The van der Waals surface area contributed by atoms with E-state index in [1.54, 1.807) is 18.3 Å².